The van der Waals surface area contributed by atoms with Crippen molar-refractivity contribution >= 4 is 34.8 Å². The molecule has 16 heteroatoms. The normalized spacial score (nSPS) is 24.1. The number of phenols is 1. The predicted molar refractivity (Wildman–Crippen MR) is 198 cm³/mol. The molecule has 7 N–H and O–H groups in total. The molecule has 0 bridgehead atoms. The number of carbonyl (C=O) groups excluding carboxylic acids is 1. The first kappa shape index (κ1) is 38.6. The Bertz CT molecular complexity index is 2300. The van der Waals surface area contributed by atoms with Crippen molar-refractivity contribution in [1.29, 1.82) is 0 Å². The van der Waals surface area contributed by atoms with Crippen molar-refractivity contribution in [2.24, 2.45) is 10.9 Å². The number of fused-ring (bicyclic) bond motifs is 2. The Kier molecular flexibility index (Phi) is 10.9. The van der Waals surface area contributed by atoms with E-state index in [2.05, 4.69) is 10.3 Å². The van der Waals surface area contributed by atoms with Gasteiger partial charge in [-0.15, -0.1) is 0 Å². The lowest BCUT2D eigenvalue weighted by Crippen LogP contribution is -3.08. The summed E-state index contributed by atoms with van der Waals surface area (Å²) < 4.78 is 23.1. The number of carbonyl (C=O) groups is 2. The minimum absolute atomic E-state index is 0.0367. The maximum Gasteiger partial charge on any atom is 0.324 e. The average Bonchev–Trinajstić information content (AvgIpc) is 3.74. The van der Waals surface area contributed by atoms with Gasteiger partial charge >= 0.3 is 11.9 Å². The molecule has 7 rings (SSSR count). The molecule has 0 aliphatic carbocycles. The molecule has 1 unspecified atom stereocenters. The molecule has 1 fully saturated rings. The number of benzene rings is 3. The monoisotopic (exact) mass is 770 g/mol. The van der Waals surface area contributed by atoms with Gasteiger partial charge in [-0.3, -0.25) is 14.4 Å². The van der Waals surface area contributed by atoms with Crippen LogP contribution in [-0.4, -0.2) is 101 Å². The first-order chi connectivity index (χ1) is 26.8. The maximum absolute atomic E-state index is 13.4. The van der Waals surface area contributed by atoms with E-state index in [9.17, 15) is 39.9 Å². The number of aliphatic hydroxyl groups excluding tert-OH is 3. The molecule has 0 saturated carbocycles. The van der Waals surface area contributed by atoms with E-state index in [-0.39, 0.29) is 46.6 Å². The molecule has 3 aliphatic heterocycles. The SMILES string of the molecule is CNC[C@@H](C(=O)O)C(=O)O[C@H](O)[C@@H]1O[C@H](Oc2ccc3c(=O)c(-c4ccc(O)cc4)coc3c2)[C@@H](O[NH+]2CC3=CC=NC3=C2c2cc(C)cc(C)c2)[C@H](O)[C@H]1O. The lowest BCUT2D eigenvalue weighted by molar-refractivity contribution is -1.04. The lowest BCUT2D eigenvalue weighted by Gasteiger charge is -2.42. The summed E-state index contributed by atoms with van der Waals surface area (Å²) in [5.74, 6) is -4.42. The minimum Gasteiger partial charge on any atom is -0.508 e. The van der Waals surface area contributed by atoms with E-state index in [0.717, 1.165) is 22.3 Å². The Morgan fingerprint density at radius 2 is 1.75 bits per heavy atom. The van der Waals surface area contributed by atoms with Gasteiger partial charge in [-0.2, -0.15) is 9.90 Å². The first-order valence-electron chi connectivity index (χ1n) is 17.7. The summed E-state index contributed by atoms with van der Waals surface area (Å²) in [6, 6.07) is 16.3. The lowest BCUT2D eigenvalue weighted by atomic mass is 9.98. The van der Waals surface area contributed by atoms with E-state index in [1.54, 1.807) is 18.3 Å². The third kappa shape index (κ3) is 7.59. The molecule has 3 aromatic carbocycles. The van der Waals surface area contributed by atoms with E-state index >= 15 is 0 Å². The van der Waals surface area contributed by atoms with Crippen LogP contribution < -0.4 is 20.5 Å². The highest BCUT2D eigenvalue weighted by Crippen LogP contribution is 2.33. The number of nitrogens with one attached hydrogen (secondary N) is 2. The Balaban J connectivity index is 1.21. The fraction of sp³-hybridized carbons (Fsp3) is 0.300. The van der Waals surface area contributed by atoms with Gasteiger partial charge in [0.2, 0.25) is 18.7 Å². The fourth-order valence-corrected chi connectivity index (χ4v) is 7.02. The van der Waals surface area contributed by atoms with Crippen LogP contribution in [0.5, 0.6) is 11.5 Å². The van der Waals surface area contributed by atoms with Crippen LogP contribution in [0, 0.1) is 19.8 Å². The number of aliphatic carboxylic acids is 1. The third-order valence-electron chi connectivity index (χ3n) is 9.71. The summed E-state index contributed by atoms with van der Waals surface area (Å²) in [6.07, 6.45) is -6.14. The van der Waals surface area contributed by atoms with E-state index in [4.69, 9.17) is 23.5 Å². The van der Waals surface area contributed by atoms with Gasteiger partial charge in [0.15, 0.2) is 23.1 Å². The van der Waals surface area contributed by atoms with Gasteiger partial charge < -0.3 is 49.5 Å². The largest absolute Gasteiger partial charge is 0.508 e. The number of aliphatic hydroxyl groups is 3. The number of esters is 1. The zero-order valence-electron chi connectivity index (χ0n) is 30.4. The molecule has 4 aromatic rings. The number of ether oxygens (including phenoxy) is 3. The Morgan fingerprint density at radius 1 is 1.02 bits per heavy atom. The fourth-order valence-electron chi connectivity index (χ4n) is 7.02. The summed E-state index contributed by atoms with van der Waals surface area (Å²) in [4.78, 5) is 49.0. The van der Waals surface area contributed by atoms with Gasteiger partial charge in [0.05, 0.1) is 10.9 Å². The van der Waals surface area contributed by atoms with Gasteiger partial charge in [0.25, 0.3) is 0 Å². The van der Waals surface area contributed by atoms with E-state index in [1.165, 1.54) is 43.6 Å². The molecular weight excluding hydrogens is 730 g/mol. The second-order valence-corrected chi connectivity index (χ2v) is 13.8. The summed E-state index contributed by atoms with van der Waals surface area (Å²) >= 11 is 0. The van der Waals surface area contributed by atoms with Crippen LogP contribution in [0.4, 0.5) is 0 Å². The zero-order valence-corrected chi connectivity index (χ0v) is 30.4. The number of aliphatic imine (C=N–C) groups is 1. The second-order valence-electron chi connectivity index (χ2n) is 13.8. The number of aryl methyl sites for hydroxylation is 2. The molecule has 0 amide bonds. The van der Waals surface area contributed by atoms with Crippen LogP contribution in [-0.2, 0) is 23.9 Å². The number of hydrogen-bond donors (Lipinski definition) is 7. The van der Waals surface area contributed by atoms with E-state index < -0.39 is 54.9 Å². The highest BCUT2D eigenvalue weighted by molar-refractivity contribution is 5.94. The highest BCUT2D eigenvalue weighted by atomic mass is 16.8. The number of quaternary nitrogens is 1. The zero-order chi connectivity index (χ0) is 39.8. The number of hydroxylamine groups is 2. The van der Waals surface area contributed by atoms with Crippen molar-refractivity contribution in [3.05, 3.63) is 111 Å². The number of allylic oxidation sites excluding steroid dienone is 1. The van der Waals surface area contributed by atoms with Crippen molar-refractivity contribution < 1.29 is 63.7 Å². The van der Waals surface area contributed by atoms with Crippen LogP contribution in [0.1, 0.15) is 16.7 Å². The molecule has 0 spiro atoms. The summed E-state index contributed by atoms with van der Waals surface area (Å²) in [5.41, 5.74) is 5.56. The first-order valence-corrected chi connectivity index (χ1v) is 17.7. The Morgan fingerprint density at radius 3 is 2.45 bits per heavy atom. The van der Waals surface area contributed by atoms with Crippen LogP contribution in [0.3, 0.4) is 0 Å². The number of carboxylic acids is 1. The quantitative estimate of drug-likeness (QED) is 0.0605. The van der Waals surface area contributed by atoms with Crippen molar-refractivity contribution in [2.45, 2.75) is 50.8 Å². The van der Waals surface area contributed by atoms with Crippen LogP contribution in [0.15, 0.2) is 98.5 Å². The number of nitrogens with zero attached hydrogens (tertiary/aromatic N) is 1. The maximum atomic E-state index is 13.4. The molecule has 16 nitrogen and oxygen atoms in total. The number of aromatic hydroxyl groups is 1. The number of carboxylic acid groups (broad SMARTS) is 1. The summed E-state index contributed by atoms with van der Waals surface area (Å²) in [6.45, 7) is 3.88. The molecule has 1 aromatic heterocycles. The van der Waals surface area contributed by atoms with Gasteiger partial charge in [-0.25, -0.2) is 4.99 Å². The third-order valence-corrected chi connectivity index (χ3v) is 9.71. The summed E-state index contributed by atoms with van der Waals surface area (Å²) in [5, 5.41) is 56.3. The molecule has 3 aliphatic rings. The molecule has 292 valence electrons. The Labute approximate surface area is 319 Å². The molecule has 1 saturated heterocycles. The molecule has 8 atom stereocenters. The molecular formula is C40H40N3O13+. The molecule has 56 heavy (non-hydrogen) atoms. The standard InChI is InChI=1S/C40H39N3O13/c1-19-12-20(2)14-23(13-19)31-30-22(10-11-42-30)17-43(31)56-36-34(47)33(46)35(39(51)55-38(50)27(16-41-3)37(48)49)54-40(36)53-25-8-9-26-29(15-25)52-18-28(32(26)45)21-4-6-24(44)7-5-21/h4-15,18,27,33-36,39-41,44,46-47,51H,16-17H2,1-3H3,(H,48,49)/p+1/t27-,33+,34+,35+,36-,39-,40-/m0/s1. The van der Waals surface area contributed by atoms with Gasteiger partial charge in [0, 0.05) is 30.0 Å². The second kappa shape index (κ2) is 15.8. The van der Waals surface area contributed by atoms with E-state index in [1.807, 2.05) is 38.1 Å². The van der Waals surface area contributed by atoms with E-state index in [0.29, 0.717) is 22.0 Å². The minimum atomic E-state index is -2.25. The van der Waals surface area contributed by atoms with Crippen molar-refractivity contribution in [3.8, 4) is 22.6 Å². The van der Waals surface area contributed by atoms with Crippen LogP contribution in [0.25, 0.3) is 27.8 Å². The van der Waals surface area contributed by atoms with Crippen molar-refractivity contribution in [2.75, 3.05) is 20.1 Å². The van der Waals surface area contributed by atoms with Crippen molar-refractivity contribution in [1.82, 2.24) is 5.32 Å². The average molecular weight is 771 g/mol. The number of phenolic OH excluding ortho intramolecular Hbond substituents is 1. The number of hydrogen-bond acceptors (Lipinski definition) is 14. The molecule has 4 heterocycles. The van der Waals surface area contributed by atoms with Crippen molar-refractivity contribution in [3.63, 3.8) is 0 Å². The number of rotatable bonds is 12. The topological polar surface area (TPSA) is 231 Å². The van der Waals surface area contributed by atoms with Gasteiger partial charge in [-0.05, 0) is 68.9 Å². The van der Waals surface area contributed by atoms with Crippen LogP contribution >= 0.6 is 0 Å². The van der Waals surface area contributed by atoms with Gasteiger partial charge in [-0.1, -0.05) is 29.3 Å². The highest BCUT2D eigenvalue weighted by Gasteiger charge is 2.53. The van der Waals surface area contributed by atoms with Crippen LogP contribution in [0.2, 0.25) is 0 Å². The van der Waals surface area contributed by atoms with Gasteiger partial charge in [0.1, 0.15) is 47.8 Å². The predicted octanol–water partition coefficient (Wildman–Crippen LogP) is 0.968. The Hall–Kier alpha value is -5.72. The molecule has 0 radical (unpaired) electrons. The smallest absolute Gasteiger partial charge is 0.324 e. The summed E-state index contributed by atoms with van der Waals surface area (Å²) in [7, 11) is 1.43.